The molecule has 2 amide bonds. The molecule has 0 aromatic carbocycles. The number of carbonyl (C=O) groups excluding carboxylic acids is 2. The minimum Gasteiger partial charge on any atom is -0.444 e. The highest BCUT2D eigenvalue weighted by Gasteiger charge is 2.33. The summed E-state index contributed by atoms with van der Waals surface area (Å²) in [4.78, 5) is 28.3. The summed E-state index contributed by atoms with van der Waals surface area (Å²) in [6, 6.07) is 0. The molecule has 0 spiro atoms. The summed E-state index contributed by atoms with van der Waals surface area (Å²) >= 11 is 0. The van der Waals surface area contributed by atoms with Crippen LogP contribution in [-0.4, -0.2) is 66.8 Å². The lowest BCUT2D eigenvalue weighted by molar-refractivity contribution is -0.139. The number of likely N-dealkylation sites (tertiary alicyclic amines) is 2. The summed E-state index contributed by atoms with van der Waals surface area (Å²) in [6.45, 7) is 8.35. The van der Waals surface area contributed by atoms with E-state index in [1.807, 2.05) is 25.7 Å². The largest absolute Gasteiger partial charge is 0.444 e. The van der Waals surface area contributed by atoms with Crippen molar-refractivity contribution in [3.8, 4) is 0 Å². The normalized spacial score (nSPS) is 21.4. The SMILES string of the molecule is COC1CCN(C(=O)C2CCN(C(=O)OC(C)(C)C)CC2)CC1. The highest BCUT2D eigenvalue weighted by atomic mass is 16.6. The standard InChI is InChI=1S/C17H30N2O4/c1-17(2,3)23-16(21)19-9-5-13(6-10-19)15(20)18-11-7-14(22-4)8-12-18/h13-14H,5-12H2,1-4H3. The first-order valence-electron chi connectivity index (χ1n) is 8.59. The van der Waals surface area contributed by atoms with Crippen molar-refractivity contribution < 1.29 is 19.1 Å². The van der Waals surface area contributed by atoms with Crippen LogP contribution in [0.15, 0.2) is 0 Å². The van der Waals surface area contributed by atoms with Crippen molar-refractivity contribution in [3.05, 3.63) is 0 Å². The molecular formula is C17H30N2O4. The molecule has 132 valence electrons. The molecule has 0 N–H and O–H groups in total. The fourth-order valence-electron chi connectivity index (χ4n) is 3.21. The van der Waals surface area contributed by atoms with Gasteiger partial charge in [-0.25, -0.2) is 4.79 Å². The Labute approximate surface area is 139 Å². The van der Waals surface area contributed by atoms with Crippen LogP contribution in [0, 0.1) is 5.92 Å². The van der Waals surface area contributed by atoms with Crippen molar-refractivity contribution in [3.63, 3.8) is 0 Å². The van der Waals surface area contributed by atoms with Gasteiger partial charge in [0, 0.05) is 39.2 Å². The van der Waals surface area contributed by atoms with Gasteiger partial charge in [0.15, 0.2) is 0 Å². The summed E-state index contributed by atoms with van der Waals surface area (Å²) in [5.74, 6) is 0.274. The molecule has 6 nitrogen and oxygen atoms in total. The molecule has 0 aromatic heterocycles. The molecule has 0 atom stereocenters. The first kappa shape index (κ1) is 18.0. The lowest BCUT2D eigenvalue weighted by atomic mass is 9.94. The molecule has 6 heteroatoms. The van der Waals surface area contributed by atoms with Gasteiger partial charge in [-0.05, 0) is 46.5 Å². The third kappa shape index (κ3) is 5.09. The van der Waals surface area contributed by atoms with E-state index in [-0.39, 0.29) is 24.0 Å². The van der Waals surface area contributed by atoms with Crippen LogP contribution < -0.4 is 0 Å². The Bertz CT molecular complexity index is 417. The van der Waals surface area contributed by atoms with E-state index in [1.165, 1.54) is 0 Å². The van der Waals surface area contributed by atoms with E-state index < -0.39 is 5.60 Å². The number of nitrogens with zero attached hydrogens (tertiary/aromatic N) is 2. The molecule has 2 saturated heterocycles. The van der Waals surface area contributed by atoms with E-state index in [1.54, 1.807) is 12.0 Å². The molecule has 23 heavy (non-hydrogen) atoms. The molecule has 0 unspecified atom stereocenters. The van der Waals surface area contributed by atoms with E-state index in [0.29, 0.717) is 13.1 Å². The molecule has 0 saturated carbocycles. The lowest BCUT2D eigenvalue weighted by Gasteiger charge is -2.37. The minimum absolute atomic E-state index is 0.0350. The topological polar surface area (TPSA) is 59.1 Å². The summed E-state index contributed by atoms with van der Waals surface area (Å²) in [5.41, 5.74) is -0.477. The zero-order valence-electron chi connectivity index (χ0n) is 14.8. The van der Waals surface area contributed by atoms with E-state index in [2.05, 4.69) is 0 Å². The van der Waals surface area contributed by atoms with Gasteiger partial charge < -0.3 is 19.3 Å². The maximum Gasteiger partial charge on any atom is 0.410 e. The molecule has 2 heterocycles. The fraction of sp³-hybridized carbons (Fsp3) is 0.882. The number of piperidine rings is 2. The van der Waals surface area contributed by atoms with E-state index in [4.69, 9.17) is 9.47 Å². The number of methoxy groups -OCH3 is 1. The van der Waals surface area contributed by atoms with Crippen molar-refractivity contribution in [1.82, 2.24) is 9.80 Å². The van der Waals surface area contributed by atoms with Crippen molar-refractivity contribution in [1.29, 1.82) is 0 Å². The van der Waals surface area contributed by atoms with Crippen molar-refractivity contribution in [2.24, 2.45) is 5.92 Å². The van der Waals surface area contributed by atoms with Crippen LogP contribution in [0.5, 0.6) is 0 Å². The zero-order chi connectivity index (χ0) is 17.0. The summed E-state index contributed by atoms with van der Waals surface area (Å²) < 4.78 is 10.7. The predicted molar refractivity (Wildman–Crippen MR) is 87.1 cm³/mol. The quantitative estimate of drug-likeness (QED) is 0.781. The summed E-state index contributed by atoms with van der Waals surface area (Å²) in [6.07, 6.45) is 3.29. The van der Waals surface area contributed by atoms with Gasteiger partial charge in [-0.2, -0.15) is 0 Å². The van der Waals surface area contributed by atoms with E-state index in [0.717, 1.165) is 38.8 Å². The minimum atomic E-state index is -0.477. The Morgan fingerprint density at radius 3 is 1.91 bits per heavy atom. The second-order valence-electron chi connectivity index (χ2n) is 7.50. The van der Waals surface area contributed by atoms with Crippen LogP contribution in [0.3, 0.4) is 0 Å². The van der Waals surface area contributed by atoms with Gasteiger partial charge in [0.05, 0.1) is 6.10 Å². The first-order chi connectivity index (χ1) is 10.8. The number of carbonyl (C=O) groups is 2. The van der Waals surface area contributed by atoms with Crippen molar-refractivity contribution in [2.45, 2.75) is 58.2 Å². The molecule has 2 aliphatic heterocycles. The van der Waals surface area contributed by atoms with Gasteiger partial charge in [0.2, 0.25) is 5.91 Å². The summed E-state index contributed by atoms with van der Waals surface area (Å²) in [7, 11) is 1.73. The predicted octanol–water partition coefficient (Wildman–Crippen LogP) is 2.27. The van der Waals surface area contributed by atoms with Gasteiger partial charge in [-0.3, -0.25) is 4.79 Å². The number of rotatable bonds is 2. The monoisotopic (exact) mass is 326 g/mol. The molecule has 2 aliphatic rings. The van der Waals surface area contributed by atoms with Crippen molar-refractivity contribution >= 4 is 12.0 Å². The highest BCUT2D eigenvalue weighted by molar-refractivity contribution is 5.79. The third-order valence-corrected chi connectivity index (χ3v) is 4.58. The van der Waals surface area contributed by atoms with Gasteiger partial charge in [-0.1, -0.05) is 0 Å². The van der Waals surface area contributed by atoms with Crippen LogP contribution in [-0.2, 0) is 14.3 Å². The smallest absolute Gasteiger partial charge is 0.410 e. The Morgan fingerprint density at radius 1 is 0.913 bits per heavy atom. The number of ether oxygens (including phenoxy) is 2. The van der Waals surface area contributed by atoms with Crippen LogP contribution in [0.25, 0.3) is 0 Å². The molecule has 0 aromatic rings. The Balaban J connectivity index is 1.78. The maximum absolute atomic E-state index is 12.6. The second-order valence-corrected chi connectivity index (χ2v) is 7.50. The Kier molecular flexibility index (Phi) is 5.89. The van der Waals surface area contributed by atoms with Crippen LogP contribution in [0.4, 0.5) is 4.79 Å². The molecular weight excluding hydrogens is 296 g/mol. The average Bonchev–Trinajstić information content (AvgIpc) is 2.53. The van der Waals surface area contributed by atoms with Gasteiger partial charge in [0.25, 0.3) is 0 Å². The van der Waals surface area contributed by atoms with Crippen LogP contribution >= 0.6 is 0 Å². The van der Waals surface area contributed by atoms with Gasteiger partial charge in [-0.15, -0.1) is 0 Å². The van der Waals surface area contributed by atoms with Crippen LogP contribution in [0.1, 0.15) is 46.5 Å². The molecule has 2 fully saturated rings. The zero-order valence-corrected chi connectivity index (χ0v) is 14.8. The molecule has 0 aliphatic carbocycles. The molecule has 0 bridgehead atoms. The van der Waals surface area contributed by atoms with E-state index >= 15 is 0 Å². The summed E-state index contributed by atoms with van der Waals surface area (Å²) in [5, 5.41) is 0. The van der Waals surface area contributed by atoms with Gasteiger partial charge >= 0.3 is 6.09 Å². The second kappa shape index (κ2) is 7.51. The number of amides is 2. The number of hydrogen-bond donors (Lipinski definition) is 0. The van der Waals surface area contributed by atoms with E-state index in [9.17, 15) is 9.59 Å². The average molecular weight is 326 g/mol. The lowest BCUT2D eigenvalue weighted by Crippen LogP contribution is -2.48. The third-order valence-electron chi connectivity index (χ3n) is 4.58. The highest BCUT2D eigenvalue weighted by Crippen LogP contribution is 2.23. The number of hydrogen-bond acceptors (Lipinski definition) is 4. The maximum atomic E-state index is 12.6. The Hall–Kier alpha value is -1.30. The first-order valence-corrected chi connectivity index (χ1v) is 8.59. The fourth-order valence-corrected chi connectivity index (χ4v) is 3.21. The van der Waals surface area contributed by atoms with Gasteiger partial charge in [0.1, 0.15) is 5.60 Å². The van der Waals surface area contributed by atoms with Crippen LogP contribution in [0.2, 0.25) is 0 Å². The Morgan fingerprint density at radius 2 is 1.43 bits per heavy atom. The molecule has 0 radical (unpaired) electrons. The van der Waals surface area contributed by atoms with Crippen molar-refractivity contribution in [2.75, 3.05) is 33.3 Å². The molecule has 2 rings (SSSR count).